The number of rotatable bonds is 4. The van der Waals surface area contributed by atoms with E-state index in [9.17, 15) is 0 Å². The Morgan fingerprint density at radius 1 is 0.947 bits per heavy atom. The molecule has 19 heavy (non-hydrogen) atoms. The van der Waals surface area contributed by atoms with Crippen LogP contribution in [0.1, 0.15) is 30.5 Å². The van der Waals surface area contributed by atoms with E-state index in [2.05, 4.69) is 75.5 Å². The van der Waals surface area contributed by atoms with Gasteiger partial charge in [-0.05, 0) is 41.7 Å². The molecule has 0 aromatic heterocycles. The minimum atomic E-state index is 0.527. The predicted molar refractivity (Wildman–Crippen MR) is 83.3 cm³/mol. The highest BCUT2D eigenvalue weighted by molar-refractivity contribution is 5.68. The first kappa shape index (κ1) is 13.8. The van der Waals surface area contributed by atoms with Gasteiger partial charge in [0.2, 0.25) is 0 Å². The van der Waals surface area contributed by atoms with Crippen LogP contribution in [-0.4, -0.2) is 6.04 Å². The second-order valence-electron chi connectivity index (χ2n) is 5.48. The Kier molecular flexibility index (Phi) is 4.39. The Morgan fingerprint density at radius 3 is 2.26 bits per heavy atom. The average molecular weight is 253 g/mol. The first-order chi connectivity index (χ1) is 9.08. The van der Waals surface area contributed by atoms with Crippen LogP contribution >= 0.6 is 0 Å². The zero-order chi connectivity index (χ0) is 13.8. The molecule has 0 amide bonds. The molecule has 0 aliphatic carbocycles. The molecular weight excluding hydrogens is 230 g/mol. The van der Waals surface area contributed by atoms with Crippen LogP contribution < -0.4 is 5.32 Å². The van der Waals surface area contributed by atoms with Crippen molar-refractivity contribution in [1.29, 1.82) is 0 Å². The summed E-state index contributed by atoms with van der Waals surface area (Å²) in [7, 11) is 0. The van der Waals surface area contributed by atoms with Crippen LogP contribution in [0.15, 0.2) is 42.5 Å². The molecule has 0 aliphatic rings. The van der Waals surface area contributed by atoms with E-state index in [-0.39, 0.29) is 0 Å². The van der Waals surface area contributed by atoms with Gasteiger partial charge in [0.25, 0.3) is 0 Å². The predicted octanol–water partition coefficient (Wildman–Crippen LogP) is 4.47. The van der Waals surface area contributed by atoms with E-state index in [0.29, 0.717) is 6.04 Å². The fourth-order valence-corrected chi connectivity index (χ4v) is 2.19. The number of benzene rings is 2. The van der Waals surface area contributed by atoms with Gasteiger partial charge < -0.3 is 5.32 Å². The summed E-state index contributed by atoms with van der Waals surface area (Å²) in [6.07, 6.45) is 0. The molecule has 2 aromatic rings. The number of hydrogen-bond acceptors (Lipinski definition) is 1. The molecule has 1 N–H and O–H groups in total. The summed E-state index contributed by atoms with van der Waals surface area (Å²) in [5, 5.41) is 3.44. The smallest absolute Gasteiger partial charge is 0.0207 e. The maximum atomic E-state index is 3.44. The summed E-state index contributed by atoms with van der Waals surface area (Å²) < 4.78 is 0. The summed E-state index contributed by atoms with van der Waals surface area (Å²) in [6, 6.07) is 15.9. The minimum absolute atomic E-state index is 0.527. The van der Waals surface area contributed by atoms with E-state index in [1.165, 1.54) is 27.8 Å². The normalized spacial score (nSPS) is 11.0. The first-order valence-electron chi connectivity index (χ1n) is 6.97. The van der Waals surface area contributed by atoms with Gasteiger partial charge in [0.15, 0.2) is 0 Å². The third-order valence-corrected chi connectivity index (χ3v) is 3.58. The lowest BCUT2D eigenvalue weighted by atomic mass is 9.96. The van der Waals surface area contributed by atoms with E-state index in [1.807, 2.05) is 0 Å². The van der Waals surface area contributed by atoms with Gasteiger partial charge in [-0.1, -0.05) is 56.3 Å². The van der Waals surface area contributed by atoms with Crippen molar-refractivity contribution in [2.45, 2.75) is 40.3 Å². The highest BCUT2D eigenvalue weighted by Gasteiger charge is 2.03. The van der Waals surface area contributed by atoms with Gasteiger partial charge in [-0.3, -0.25) is 0 Å². The van der Waals surface area contributed by atoms with E-state index in [4.69, 9.17) is 0 Å². The van der Waals surface area contributed by atoms with Gasteiger partial charge in [-0.2, -0.15) is 0 Å². The summed E-state index contributed by atoms with van der Waals surface area (Å²) in [5.41, 5.74) is 6.69. The fourth-order valence-electron chi connectivity index (χ4n) is 2.19. The van der Waals surface area contributed by atoms with Gasteiger partial charge in [0.1, 0.15) is 0 Å². The lowest BCUT2D eigenvalue weighted by Crippen LogP contribution is -2.21. The Morgan fingerprint density at radius 2 is 1.63 bits per heavy atom. The first-order valence-corrected chi connectivity index (χ1v) is 6.97. The standard InChI is InChI=1S/C18H23N/c1-13(2)19-12-16-8-10-17(11-9-16)18-7-5-6-14(3)15(18)4/h5-11,13,19H,12H2,1-4H3. The van der Waals surface area contributed by atoms with Crippen molar-refractivity contribution in [3.05, 3.63) is 59.2 Å². The highest BCUT2D eigenvalue weighted by atomic mass is 14.9. The number of aryl methyl sites for hydroxylation is 1. The van der Waals surface area contributed by atoms with Crippen molar-refractivity contribution in [3.63, 3.8) is 0 Å². The molecule has 0 bridgehead atoms. The lowest BCUT2D eigenvalue weighted by molar-refractivity contribution is 0.589. The monoisotopic (exact) mass is 253 g/mol. The quantitative estimate of drug-likeness (QED) is 0.847. The number of hydrogen-bond donors (Lipinski definition) is 1. The molecule has 1 heteroatoms. The number of nitrogens with one attached hydrogen (secondary N) is 1. The van der Waals surface area contributed by atoms with Crippen LogP contribution in [0.3, 0.4) is 0 Å². The topological polar surface area (TPSA) is 12.0 Å². The third-order valence-electron chi connectivity index (χ3n) is 3.58. The summed E-state index contributed by atoms with van der Waals surface area (Å²) in [4.78, 5) is 0. The largest absolute Gasteiger partial charge is 0.310 e. The third kappa shape index (κ3) is 3.45. The van der Waals surface area contributed by atoms with Gasteiger partial charge in [0.05, 0.1) is 0 Å². The summed E-state index contributed by atoms with van der Waals surface area (Å²) >= 11 is 0. The zero-order valence-corrected chi connectivity index (χ0v) is 12.3. The molecule has 0 radical (unpaired) electrons. The molecule has 0 heterocycles. The van der Waals surface area contributed by atoms with E-state index in [0.717, 1.165) is 6.54 Å². The van der Waals surface area contributed by atoms with Crippen LogP contribution in [0.4, 0.5) is 0 Å². The second-order valence-corrected chi connectivity index (χ2v) is 5.48. The molecule has 2 aromatic carbocycles. The van der Waals surface area contributed by atoms with Gasteiger partial charge in [-0.15, -0.1) is 0 Å². The molecule has 1 nitrogen and oxygen atoms in total. The molecule has 0 atom stereocenters. The van der Waals surface area contributed by atoms with Crippen molar-refractivity contribution >= 4 is 0 Å². The summed E-state index contributed by atoms with van der Waals surface area (Å²) in [5.74, 6) is 0. The maximum absolute atomic E-state index is 3.44. The lowest BCUT2D eigenvalue weighted by Gasteiger charge is -2.11. The van der Waals surface area contributed by atoms with Crippen molar-refractivity contribution in [2.24, 2.45) is 0 Å². The molecule has 2 rings (SSSR count). The molecule has 0 unspecified atom stereocenters. The minimum Gasteiger partial charge on any atom is -0.310 e. The Hall–Kier alpha value is -1.60. The van der Waals surface area contributed by atoms with E-state index >= 15 is 0 Å². The Bertz CT molecular complexity index is 538. The van der Waals surface area contributed by atoms with E-state index in [1.54, 1.807) is 0 Å². The van der Waals surface area contributed by atoms with Crippen molar-refractivity contribution < 1.29 is 0 Å². The maximum Gasteiger partial charge on any atom is 0.0207 e. The second kappa shape index (κ2) is 6.03. The molecule has 0 fully saturated rings. The van der Waals surface area contributed by atoms with Crippen LogP contribution in [0.5, 0.6) is 0 Å². The molecule has 0 spiro atoms. The average Bonchev–Trinajstić information content (AvgIpc) is 2.40. The van der Waals surface area contributed by atoms with Crippen molar-refractivity contribution in [2.75, 3.05) is 0 Å². The van der Waals surface area contributed by atoms with Crippen molar-refractivity contribution in [3.8, 4) is 11.1 Å². The van der Waals surface area contributed by atoms with E-state index < -0.39 is 0 Å². The zero-order valence-electron chi connectivity index (χ0n) is 12.3. The Balaban J connectivity index is 2.20. The van der Waals surface area contributed by atoms with Crippen LogP contribution in [0.2, 0.25) is 0 Å². The van der Waals surface area contributed by atoms with Crippen LogP contribution in [0.25, 0.3) is 11.1 Å². The van der Waals surface area contributed by atoms with Gasteiger partial charge >= 0.3 is 0 Å². The molecule has 0 aliphatic heterocycles. The van der Waals surface area contributed by atoms with Crippen LogP contribution in [0, 0.1) is 13.8 Å². The van der Waals surface area contributed by atoms with Crippen molar-refractivity contribution in [1.82, 2.24) is 5.32 Å². The Labute approximate surface area is 116 Å². The van der Waals surface area contributed by atoms with Gasteiger partial charge in [-0.25, -0.2) is 0 Å². The molecule has 0 saturated carbocycles. The fraction of sp³-hybridized carbons (Fsp3) is 0.333. The summed E-state index contributed by atoms with van der Waals surface area (Å²) in [6.45, 7) is 9.64. The SMILES string of the molecule is Cc1cccc(-c2ccc(CNC(C)C)cc2)c1C. The van der Waals surface area contributed by atoms with Crippen LogP contribution in [-0.2, 0) is 6.54 Å². The highest BCUT2D eigenvalue weighted by Crippen LogP contribution is 2.25. The van der Waals surface area contributed by atoms with Gasteiger partial charge in [0, 0.05) is 12.6 Å². The molecular formula is C18H23N. The molecule has 100 valence electrons. The molecule has 0 saturated heterocycles.